The molecule has 6 aromatic carbocycles. The summed E-state index contributed by atoms with van der Waals surface area (Å²) in [7, 11) is 0. The number of carbonyl (C=O) groups excluding carboxylic acids is 4. The minimum Gasteiger partial charge on any atom is -0.307 e. The van der Waals surface area contributed by atoms with Crippen molar-refractivity contribution in [2.45, 2.75) is 62.4 Å². The Hall–Kier alpha value is -7.80. The number of aromatic amines is 2. The summed E-state index contributed by atoms with van der Waals surface area (Å²) in [6.45, 7) is 4.54. The minimum absolute atomic E-state index is 0.112. The van der Waals surface area contributed by atoms with E-state index >= 15 is 0 Å². The molecule has 4 heterocycles. The highest BCUT2D eigenvalue weighted by molar-refractivity contribution is 6.31. The summed E-state index contributed by atoms with van der Waals surface area (Å²) in [6.07, 6.45) is 1.57. The van der Waals surface area contributed by atoms with E-state index in [2.05, 4.69) is 43.2 Å². The molecule has 8 aromatic rings. The first-order chi connectivity index (χ1) is 33.9. The van der Waals surface area contributed by atoms with Crippen LogP contribution in [0.15, 0.2) is 158 Å². The van der Waals surface area contributed by atoms with E-state index in [1.165, 1.54) is 0 Å². The number of fused-ring (bicyclic) bond motifs is 4. The number of rotatable bonds is 10. The summed E-state index contributed by atoms with van der Waals surface area (Å²) in [4.78, 5) is 57.0. The van der Waals surface area contributed by atoms with Gasteiger partial charge in [-0.15, -0.1) is 0 Å². The largest absolute Gasteiger partial charge is 0.307 e. The molecule has 4 N–H and O–H groups in total. The molecule has 0 saturated heterocycles. The number of nitrogens with one attached hydrogen (secondary N) is 4. The van der Waals surface area contributed by atoms with Gasteiger partial charge in [-0.2, -0.15) is 10.2 Å². The van der Waals surface area contributed by atoms with Gasteiger partial charge in [-0.3, -0.25) is 29.4 Å². The molecule has 4 amide bonds. The Morgan fingerprint density at radius 2 is 0.957 bits per heavy atom. The van der Waals surface area contributed by atoms with E-state index in [1.807, 2.05) is 145 Å². The van der Waals surface area contributed by atoms with Crippen molar-refractivity contribution < 1.29 is 19.2 Å². The van der Waals surface area contributed by atoms with Gasteiger partial charge in [0.15, 0.2) is 11.6 Å². The molecular formula is C56H46Cl2N8O4. The number of aromatic nitrogens is 4. The van der Waals surface area contributed by atoms with Gasteiger partial charge in [0.1, 0.15) is 0 Å². The van der Waals surface area contributed by atoms with E-state index in [1.54, 1.807) is 24.3 Å². The number of aryl methyl sites for hydroxylation is 2. The Bertz CT molecular complexity index is 3150. The SMILES string of the molecule is Cc1cc(NC(=O)c2cccc(CN3C(=O)[C@@]4(C[C@H]4c4ccc(Cl)cc4)c4ccccc43)c2)n[nH]1.Cc1cc(NC(=O)c2cccc(CN3C(=O)[C@]4(C[C@@H]4c4ccc(Cl)cc4)c4ccccc43)c2)n[nH]1. The lowest BCUT2D eigenvalue weighted by Gasteiger charge is -2.19. The first-order valence-electron chi connectivity index (χ1n) is 23.1. The second-order valence-electron chi connectivity index (χ2n) is 18.6. The van der Waals surface area contributed by atoms with Gasteiger partial charge in [-0.25, -0.2) is 0 Å². The number of amides is 4. The molecule has 12 rings (SSSR count). The smallest absolute Gasteiger partial charge is 0.256 e. The fourth-order valence-electron chi connectivity index (χ4n) is 10.5. The van der Waals surface area contributed by atoms with Crippen LogP contribution in [0.5, 0.6) is 0 Å². The predicted octanol–water partition coefficient (Wildman–Crippen LogP) is 11.2. The lowest BCUT2D eigenvalue weighted by molar-refractivity contribution is -0.121. The molecule has 4 atom stereocenters. The van der Waals surface area contributed by atoms with Gasteiger partial charge in [0.05, 0.1) is 23.9 Å². The Morgan fingerprint density at radius 3 is 1.34 bits per heavy atom. The second kappa shape index (κ2) is 17.6. The van der Waals surface area contributed by atoms with Crippen LogP contribution in [0.1, 0.15) is 90.2 Å². The summed E-state index contributed by atoms with van der Waals surface area (Å²) < 4.78 is 0. The third-order valence-electron chi connectivity index (χ3n) is 14.0. The summed E-state index contributed by atoms with van der Waals surface area (Å²) in [5, 5.41) is 20.7. The van der Waals surface area contributed by atoms with Crippen LogP contribution in [0.4, 0.5) is 23.0 Å². The van der Waals surface area contributed by atoms with Gasteiger partial charge in [0.25, 0.3) is 11.8 Å². The number of halogens is 2. The summed E-state index contributed by atoms with van der Waals surface area (Å²) in [6, 6.07) is 50.0. The van der Waals surface area contributed by atoms with Crippen LogP contribution in [-0.2, 0) is 33.5 Å². The quantitative estimate of drug-likeness (QED) is 0.107. The number of hydrogen-bond acceptors (Lipinski definition) is 6. The third kappa shape index (κ3) is 8.02. The number of anilines is 4. The monoisotopic (exact) mass is 964 g/mol. The van der Waals surface area contributed by atoms with Gasteiger partial charge >= 0.3 is 0 Å². The lowest BCUT2D eigenvalue weighted by Crippen LogP contribution is -2.32. The number of benzene rings is 6. The van der Waals surface area contributed by atoms with Crippen molar-refractivity contribution in [3.8, 4) is 0 Å². The van der Waals surface area contributed by atoms with Crippen LogP contribution in [0, 0.1) is 13.8 Å². The van der Waals surface area contributed by atoms with Crippen molar-refractivity contribution in [3.63, 3.8) is 0 Å². The van der Waals surface area contributed by atoms with Crippen molar-refractivity contribution >= 4 is 69.8 Å². The normalized spacial score (nSPS) is 20.2. The first kappa shape index (κ1) is 44.7. The average Bonchev–Trinajstić information content (AvgIpc) is 4.15. The maximum atomic E-state index is 13.9. The van der Waals surface area contributed by atoms with Crippen molar-refractivity contribution in [2.75, 3.05) is 20.4 Å². The Balaban J connectivity index is 0.000000152. The Kier molecular flexibility index (Phi) is 11.2. The fourth-order valence-corrected chi connectivity index (χ4v) is 10.8. The topological polar surface area (TPSA) is 156 Å². The Morgan fingerprint density at radius 1 is 0.557 bits per heavy atom. The number of hydrogen-bond donors (Lipinski definition) is 4. The average molecular weight is 966 g/mol. The highest BCUT2D eigenvalue weighted by Crippen LogP contribution is 2.67. The number of nitrogens with zero attached hydrogens (tertiary/aromatic N) is 4. The molecule has 2 aliphatic carbocycles. The molecule has 4 aliphatic rings. The van der Waals surface area contributed by atoms with Crippen LogP contribution in [0.2, 0.25) is 10.0 Å². The lowest BCUT2D eigenvalue weighted by atomic mass is 9.92. The molecule has 70 heavy (non-hydrogen) atoms. The maximum absolute atomic E-state index is 13.9. The van der Waals surface area contributed by atoms with Crippen LogP contribution in [0.3, 0.4) is 0 Å². The van der Waals surface area contributed by atoms with Gasteiger partial charge in [0, 0.05) is 67.9 Å². The number of H-pyrrole nitrogens is 2. The van der Waals surface area contributed by atoms with Crippen LogP contribution >= 0.6 is 23.2 Å². The summed E-state index contributed by atoms with van der Waals surface area (Å²) in [5.41, 5.74) is 9.78. The molecule has 2 saturated carbocycles. The van der Waals surface area contributed by atoms with Gasteiger partial charge in [-0.1, -0.05) is 108 Å². The zero-order chi connectivity index (χ0) is 48.3. The van der Waals surface area contributed by atoms with E-state index in [0.29, 0.717) is 45.9 Å². The maximum Gasteiger partial charge on any atom is 0.256 e. The predicted molar refractivity (Wildman–Crippen MR) is 272 cm³/mol. The van der Waals surface area contributed by atoms with Gasteiger partial charge in [-0.05, 0) is 121 Å². The van der Waals surface area contributed by atoms with Crippen molar-refractivity contribution in [1.82, 2.24) is 20.4 Å². The van der Waals surface area contributed by atoms with Crippen LogP contribution < -0.4 is 20.4 Å². The van der Waals surface area contributed by atoms with Crippen molar-refractivity contribution in [1.29, 1.82) is 0 Å². The van der Waals surface area contributed by atoms with E-state index in [0.717, 1.165) is 69.0 Å². The van der Waals surface area contributed by atoms with Crippen LogP contribution in [0.25, 0.3) is 0 Å². The highest BCUT2D eigenvalue weighted by atomic mass is 35.5. The Labute approximate surface area is 414 Å². The van der Waals surface area contributed by atoms with E-state index in [9.17, 15) is 19.2 Å². The molecule has 348 valence electrons. The molecule has 14 heteroatoms. The zero-order valence-corrected chi connectivity index (χ0v) is 39.7. The van der Waals surface area contributed by atoms with E-state index in [4.69, 9.17) is 23.2 Å². The standard InChI is InChI=1S/2C28H23ClN4O2/c2*1-17-13-25(32-31-17)30-26(34)20-6-4-5-18(14-20)16-33-24-8-3-2-7-22(24)28(27(33)35)15-23(28)19-9-11-21(29)12-10-19/h2*2-14,23H,15-16H2,1H3,(H2,30,31,32,34)/t2*23-,28-/m10/s1. The highest BCUT2D eigenvalue weighted by Gasteiger charge is 2.68. The molecule has 2 aliphatic heterocycles. The molecule has 0 radical (unpaired) electrons. The zero-order valence-electron chi connectivity index (χ0n) is 38.2. The van der Waals surface area contributed by atoms with Gasteiger partial charge < -0.3 is 20.4 Å². The van der Waals surface area contributed by atoms with Gasteiger partial charge in [0.2, 0.25) is 11.8 Å². The van der Waals surface area contributed by atoms with E-state index in [-0.39, 0.29) is 35.5 Å². The van der Waals surface area contributed by atoms with Crippen LogP contribution in [-0.4, -0.2) is 44.0 Å². The first-order valence-corrected chi connectivity index (χ1v) is 23.9. The molecule has 0 bridgehead atoms. The molecular weight excluding hydrogens is 920 g/mol. The molecule has 12 nitrogen and oxygen atoms in total. The molecule has 2 fully saturated rings. The van der Waals surface area contributed by atoms with E-state index < -0.39 is 10.8 Å². The summed E-state index contributed by atoms with van der Waals surface area (Å²) in [5.74, 6) is 0.957. The van der Waals surface area contributed by atoms with Crippen molar-refractivity contribution in [2.24, 2.45) is 0 Å². The molecule has 0 unspecified atom stereocenters. The number of para-hydroxylation sites is 2. The third-order valence-corrected chi connectivity index (χ3v) is 14.5. The minimum atomic E-state index is -0.531. The number of carbonyl (C=O) groups is 4. The van der Waals surface area contributed by atoms with Crippen molar-refractivity contribution in [3.05, 3.63) is 224 Å². The molecule has 2 spiro atoms. The fraction of sp³-hybridized carbons (Fsp3) is 0.179. The second-order valence-corrected chi connectivity index (χ2v) is 19.4. The molecule has 2 aromatic heterocycles. The summed E-state index contributed by atoms with van der Waals surface area (Å²) >= 11 is 12.2.